The van der Waals surface area contributed by atoms with Gasteiger partial charge in [0.2, 0.25) is 11.8 Å². The van der Waals surface area contributed by atoms with Crippen LogP contribution < -0.4 is 5.32 Å². The molecule has 0 aliphatic rings. The van der Waals surface area contributed by atoms with Crippen LogP contribution in [0.15, 0.2) is 0 Å². The van der Waals surface area contributed by atoms with E-state index in [4.69, 9.17) is 5.11 Å². The van der Waals surface area contributed by atoms with E-state index in [0.717, 1.165) is 4.90 Å². The van der Waals surface area contributed by atoms with E-state index in [-0.39, 0.29) is 12.5 Å². The molecule has 2 amide bonds. The number of carboxylic acids is 1. The molecule has 0 saturated carbocycles. The first-order valence-electron chi connectivity index (χ1n) is 3.63. The van der Waals surface area contributed by atoms with Gasteiger partial charge in [0.05, 0.1) is 6.54 Å². The minimum Gasteiger partial charge on any atom is -0.481 e. The summed E-state index contributed by atoms with van der Waals surface area (Å²) in [7, 11) is 2.82. The molecule has 0 aromatic carbocycles. The van der Waals surface area contributed by atoms with Gasteiger partial charge in [0.1, 0.15) is 6.42 Å². The van der Waals surface area contributed by atoms with E-state index in [9.17, 15) is 14.4 Å². The first-order valence-corrected chi connectivity index (χ1v) is 3.63. The Balaban J connectivity index is 3.96. The van der Waals surface area contributed by atoms with Crippen molar-refractivity contribution in [2.24, 2.45) is 0 Å². The van der Waals surface area contributed by atoms with Crippen LogP contribution in [0.4, 0.5) is 0 Å². The van der Waals surface area contributed by atoms with Crippen molar-refractivity contribution in [3.63, 3.8) is 0 Å². The third-order valence-electron chi connectivity index (χ3n) is 1.39. The molecule has 0 rings (SSSR count). The molecule has 0 aliphatic carbocycles. The quantitative estimate of drug-likeness (QED) is 0.535. The summed E-state index contributed by atoms with van der Waals surface area (Å²) in [6, 6.07) is 0. The summed E-state index contributed by atoms with van der Waals surface area (Å²) in [5.41, 5.74) is 0. The highest BCUT2D eigenvalue weighted by molar-refractivity contribution is 5.94. The number of carbonyl (C=O) groups is 3. The van der Waals surface area contributed by atoms with Crippen LogP contribution >= 0.6 is 0 Å². The summed E-state index contributed by atoms with van der Waals surface area (Å²) < 4.78 is 0. The monoisotopic (exact) mass is 188 g/mol. The van der Waals surface area contributed by atoms with Crippen LogP contribution in [0.5, 0.6) is 0 Å². The zero-order valence-corrected chi connectivity index (χ0v) is 7.53. The molecule has 74 valence electrons. The molecule has 0 bridgehead atoms. The number of nitrogens with zero attached hydrogens (tertiary/aromatic N) is 1. The highest BCUT2D eigenvalue weighted by atomic mass is 16.4. The summed E-state index contributed by atoms with van der Waals surface area (Å²) in [5.74, 6) is -2.12. The molecular weight excluding hydrogens is 176 g/mol. The van der Waals surface area contributed by atoms with Gasteiger partial charge in [0.25, 0.3) is 0 Å². The van der Waals surface area contributed by atoms with Crippen molar-refractivity contribution in [2.45, 2.75) is 6.42 Å². The van der Waals surface area contributed by atoms with E-state index < -0.39 is 18.3 Å². The number of likely N-dealkylation sites (N-methyl/N-ethyl adjacent to an activating group) is 2. The Labute approximate surface area is 75.5 Å². The molecule has 0 radical (unpaired) electrons. The number of hydrogen-bond donors (Lipinski definition) is 2. The number of amides is 2. The van der Waals surface area contributed by atoms with Crippen LogP contribution in [-0.2, 0) is 14.4 Å². The van der Waals surface area contributed by atoms with Crippen molar-refractivity contribution in [3.05, 3.63) is 0 Å². The molecule has 6 nitrogen and oxygen atoms in total. The molecule has 2 N–H and O–H groups in total. The van der Waals surface area contributed by atoms with E-state index in [1.165, 1.54) is 14.1 Å². The average Bonchev–Trinajstić information content (AvgIpc) is 2.02. The Morgan fingerprint density at radius 1 is 1.38 bits per heavy atom. The average molecular weight is 188 g/mol. The van der Waals surface area contributed by atoms with Gasteiger partial charge in [-0.25, -0.2) is 0 Å². The molecule has 13 heavy (non-hydrogen) atoms. The normalized spacial score (nSPS) is 9.08. The predicted octanol–water partition coefficient (Wildman–Crippen LogP) is -1.33. The predicted molar refractivity (Wildman–Crippen MR) is 44.0 cm³/mol. The van der Waals surface area contributed by atoms with Gasteiger partial charge >= 0.3 is 5.97 Å². The molecule has 0 aromatic heterocycles. The zero-order chi connectivity index (χ0) is 10.4. The summed E-state index contributed by atoms with van der Waals surface area (Å²) in [5, 5.41) is 10.6. The Bertz CT molecular complexity index is 227. The van der Waals surface area contributed by atoms with E-state index in [2.05, 4.69) is 5.32 Å². The Hall–Kier alpha value is -1.59. The minimum absolute atomic E-state index is 0.122. The van der Waals surface area contributed by atoms with Crippen molar-refractivity contribution in [2.75, 3.05) is 20.6 Å². The third-order valence-corrected chi connectivity index (χ3v) is 1.39. The minimum atomic E-state index is -1.20. The second-order valence-corrected chi connectivity index (χ2v) is 2.49. The highest BCUT2D eigenvalue weighted by Gasteiger charge is 2.14. The molecule has 0 saturated heterocycles. The Morgan fingerprint density at radius 3 is 2.31 bits per heavy atom. The summed E-state index contributed by atoms with van der Waals surface area (Å²) >= 11 is 0. The van der Waals surface area contributed by atoms with Crippen molar-refractivity contribution >= 4 is 17.8 Å². The van der Waals surface area contributed by atoms with Crippen LogP contribution in [0.25, 0.3) is 0 Å². The van der Waals surface area contributed by atoms with E-state index >= 15 is 0 Å². The summed E-state index contributed by atoms with van der Waals surface area (Å²) in [6.45, 7) is -0.122. The largest absolute Gasteiger partial charge is 0.481 e. The van der Waals surface area contributed by atoms with Gasteiger partial charge in [-0.05, 0) is 0 Å². The van der Waals surface area contributed by atoms with Crippen LogP contribution in [0.1, 0.15) is 6.42 Å². The van der Waals surface area contributed by atoms with Crippen LogP contribution in [0, 0.1) is 0 Å². The lowest BCUT2D eigenvalue weighted by Gasteiger charge is -2.14. The molecule has 0 unspecified atom stereocenters. The number of rotatable bonds is 4. The Kier molecular flexibility index (Phi) is 4.50. The molecular formula is C7H12N2O4. The number of aliphatic carboxylic acids is 1. The molecule has 0 atom stereocenters. The van der Waals surface area contributed by atoms with Crippen molar-refractivity contribution in [1.29, 1.82) is 0 Å². The van der Waals surface area contributed by atoms with Crippen LogP contribution in [0.3, 0.4) is 0 Å². The number of carbonyl (C=O) groups excluding carboxylic acids is 2. The number of nitrogens with one attached hydrogen (secondary N) is 1. The lowest BCUT2D eigenvalue weighted by molar-refractivity contribution is -0.145. The van der Waals surface area contributed by atoms with Gasteiger partial charge < -0.3 is 15.3 Å². The topological polar surface area (TPSA) is 86.7 Å². The van der Waals surface area contributed by atoms with Gasteiger partial charge in [-0.2, -0.15) is 0 Å². The standard InChI is InChI=1S/C7H12N2O4/c1-8-5(10)4-9(2)6(11)3-7(12)13/h3-4H2,1-2H3,(H,8,10)(H,12,13). The van der Waals surface area contributed by atoms with Crippen molar-refractivity contribution in [3.8, 4) is 0 Å². The van der Waals surface area contributed by atoms with E-state index in [1.54, 1.807) is 0 Å². The van der Waals surface area contributed by atoms with Gasteiger partial charge in [0, 0.05) is 14.1 Å². The maximum Gasteiger partial charge on any atom is 0.312 e. The first-order chi connectivity index (χ1) is 5.97. The highest BCUT2D eigenvalue weighted by Crippen LogP contribution is 1.90. The Morgan fingerprint density at radius 2 is 1.92 bits per heavy atom. The van der Waals surface area contributed by atoms with Crippen LogP contribution in [-0.4, -0.2) is 48.4 Å². The second-order valence-electron chi connectivity index (χ2n) is 2.49. The zero-order valence-electron chi connectivity index (χ0n) is 7.53. The van der Waals surface area contributed by atoms with Gasteiger partial charge in [-0.15, -0.1) is 0 Å². The molecule has 0 spiro atoms. The van der Waals surface area contributed by atoms with Crippen LogP contribution in [0.2, 0.25) is 0 Å². The lowest BCUT2D eigenvalue weighted by atomic mass is 10.3. The molecule has 0 fully saturated rings. The second kappa shape index (κ2) is 5.13. The third kappa shape index (κ3) is 4.78. The van der Waals surface area contributed by atoms with E-state index in [1.807, 2.05) is 0 Å². The smallest absolute Gasteiger partial charge is 0.312 e. The lowest BCUT2D eigenvalue weighted by Crippen LogP contribution is -2.37. The van der Waals surface area contributed by atoms with Gasteiger partial charge in [-0.3, -0.25) is 14.4 Å². The SMILES string of the molecule is CNC(=O)CN(C)C(=O)CC(=O)O. The number of carboxylic acid groups (broad SMARTS) is 1. The molecule has 6 heteroatoms. The molecule has 0 heterocycles. The summed E-state index contributed by atoms with van der Waals surface area (Å²) in [6.07, 6.45) is -0.590. The summed E-state index contributed by atoms with van der Waals surface area (Å²) in [4.78, 5) is 32.9. The fourth-order valence-corrected chi connectivity index (χ4v) is 0.647. The number of hydrogen-bond acceptors (Lipinski definition) is 3. The van der Waals surface area contributed by atoms with E-state index in [0.29, 0.717) is 0 Å². The first kappa shape index (κ1) is 11.4. The fraction of sp³-hybridized carbons (Fsp3) is 0.571. The molecule has 0 aromatic rings. The maximum absolute atomic E-state index is 11.0. The van der Waals surface area contributed by atoms with Crippen molar-refractivity contribution < 1.29 is 19.5 Å². The fourth-order valence-electron chi connectivity index (χ4n) is 0.647. The maximum atomic E-state index is 11.0. The van der Waals surface area contributed by atoms with Gasteiger partial charge in [-0.1, -0.05) is 0 Å². The van der Waals surface area contributed by atoms with Crippen molar-refractivity contribution in [1.82, 2.24) is 10.2 Å². The molecule has 0 aliphatic heterocycles. The van der Waals surface area contributed by atoms with Gasteiger partial charge in [0.15, 0.2) is 0 Å².